The zero-order valence-corrected chi connectivity index (χ0v) is 14.8. The van der Waals surface area contributed by atoms with Crippen LogP contribution in [0.2, 0.25) is 0 Å². The van der Waals surface area contributed by atoms with Gasteiger partial charge in [0.25, 0.3) is 11.8 Å². The minimum atomic E-state index is -0.398. The number of amides is 2. The fourth-order valence-corrected chi connectivity index (χ4v) is 2.47. The first kappa shape index (κ1) is 18.1. The number of para-hydroxylation sites is 1. The van der Waals surface area contributed by atoms with Crippen molar-refractivity contribution in [3.05, 3.63) is 102 Å². The zero-order valence-electron chi connectivity index (χ0n) is 14.8. The van der Waals surface area contributed by atoms with Crippen LogP contribution in [0.15, 0.2) is 84.8 Å². The van der Waals surface area contributed by atoms with E-state index < -0.39 is 5.91 Å². The van der Waals surface area contributed by atoms with Crippen LogP contribution in [0.25, 0.3) is 6.08 Å². The maximum Gasteiger partial charge on any atom is 0.272 e. The van der Waals surface area contributed by atoms with Crippen LogP contribution >= 0.6 is 0 Å². The van der Waals surface area contributed by atoms with Gasteiger partial charge in [-0.3, -0.25) is 14.6 Å². The lowest BCUT2D eigenvalue weighted by Gasteiger charge is -2.12. The van der Waals surface area contributed by atoms with Gasteiger partial charge in [0, 0.05) is 23.6 Å². The third-order valence-corrected chi connectivity index (χ3v) is 3.94. The summed E-state index contributed by atoms with van der Waals surface area (Å²) in [6.45, 7) is 1.91. The van der Waals surface area contributed by atoms with Gasteiger partial charge in [0.15, 0.2) is 0 Å². The monoisotopic (exact) mass is 357 g/mol. The Morgan fingerprint density at radius 2 is 1.56 bits per heavy atom. The Morgan fingerprint density at radius 3 is 2.26 bits per heavy atom. The van der Waals surface area contributed by atoms with Crippen molar-refractivity contribution in [1.29, 1.82) is 0 Å². The minimum absolute atomic E-state index is 0.151. The lowest BCUT2D eigenvalue weighted by Crippen LogP contribution is -2.30. The normalized spacial score (nSPS) is 10.9. The second kappa shape index (κ2) is 8.58. The number of carbonyl (C=O) groups excluding carboxylic acids is 2. The molecule has 0 saturated heterocycles. The highest BCUT2D eigenvalue weighted by atomic mass is 16.2. The molecule has 2 N–H and O–H groups in total. The van der Waals surface area contributed by atoms with E-state index in [1.807, 2.05) is 37.3 Å². The standard InChI is InChI=1S/C22H19N3O2/c1-16-7-5-6-10-19(16)24-22(27)20(15-17-11-13-23-14-12-17)25-21(26)18-8-3-2-4-9-18/h2-15H,1H3,(H,24,27)(H,25,26)/b20-15+. The molecule has 3 aromatic rings. The Morgan fingerprint density at radius 1 is 0.889 bits per heavy atom. The van der Waals surface area contributed by atoms with Crippen molar-refractivity contribution < 1.29 is 9.59 Å². The average molecular weight is 357 g/mol. The van der Waals surface area contributed by atoms with E-state index in [9.17, 15) is 9.59 Å². The summed E-state index contributed by atoms with van der Waals surface area (Å²) in [5.74, 6) is -0.749. The highest BCUT2D eigenvalue weighted by Gasteiger charge is 2.15. The molecule has 0 unspecified atom stereocenters. The van der Waals surface area contributed by atoms with Gasteiger partial charge in [-0.15, -0.1) is 0 Å². The number of aryl methyl sites for hydroxylation is 1. The van der Waals surface area contributed by atoms with E-state index >= 15 is 0 Å². The Labute approximate surface area is 157 Å². The average Bonchev–Trinajstić information content (AvgIpc) is 2.70. The number of pyridine rings is 1. The highest BCUT2D eigenvalue weighted by molar-refractivity contribution is 6.10. The van der Waals surface area contributed by atoms with E-state index in [-0.39, 0.29) is 11.6 Å². The fourth-order valence-electron chi connectivity index (χ4n) is 2.47. The molecular formula is C22H19N3O2. The van der Waals surface area contributed by atoms with Crippen LogP contribution in [-0.4, -0.2) is 16.8 Å². The molecule has 5 heteroatoms. The SMILES string of the molecule is Cc1ccccc1NC(=O)/C(=C\c1ccncc1)NC(=O)c1ccccc1. The lowest BCUT2D eigenvalue weighted by atomic mass is 10.1. The van der Waals surface area contributed by atoms with E-state index in [4.69, 9.17) is 0 Å². The van der Waals surface area contributed by atoms with Crippen LogP contribution in [0.5, 0.6) is 0 Å². The second-order valence-corrected chi connectivity index (χ2v) is 5.93. The highest BCUT2D eigenvalue weighted by Crippen LogP contribution is 2.15. The Bertz CT molecular complexity index is 967. The van der Waals surface area contributed by atoms with Gasteiger partial charge < -0.3 is 10.6 Å². The minimum Gasteiger partial charge on any atom is -0.320 e. The molecule has 1 aromatic heterocycles. The van der Waals surface area contributed by atoms with Gasteiger partial charge in [0.05, 0.1) is 0 Å². The largest absolute Gasteiger partial charge is 0.320 e. The summed E-state index contributed by atoms with van der Waals surface area (Å²) in [7, 11) is 0. The summed E-state index contributed by atoms with van der Waals surface area (Å²) in [5.41, 5.74) is 3.01. The zero-order chi connectivity index (χ0) is 19.1. The molecule has 27 heavy (non-hydrogen) atoms. The summed E-state index contributed by atoms with van der Waals surface area (Å²) >= 11 is 0. The molecule has 0 aliphatic carbocycles. The van der Waals surface area contributed by atoms with Gasteiger partial charge in [-0.25, -0.2) is 0 Å². The number of hydrogen-bond acceptors (Lipinski definition) is 3. The van der Waals surface area contributed by atoms with Crippen molar-refractivity contribution in [2.45, 2.75) is 6.92 Å². The van der Waals surface area contributed by atoms with E-state index in [0.29, 0.717) is 11.3 Å². The van der Waals surface area contributed by atoms with Crippen LogP contribution in [0.4, 0.5) is 5.69 Å². The van der Waals surface area contributed by atoms with Crippen LogP contribution < -0.4 is 10.6 Å². The lowest BCUT2D eigenvalue weighted by molar-refractivity contribution is -0.113. The molecule has 0 aliphatic rings. The van der Waals surface area contributed by atoms with Crippen LogP contribution in [0, 0.1) is 6.92 Å². The fraction of sp³-hybridized carbons (Fsp3) is 0.0455. The van der Waals surface area contributed by atoms with Crippen molar-refractivity contribution in [3.63, 3.8) is 0 Å². The topological polar surface area (TPSA) is 71.1 Å². The molecule has 134 valence electrons. The molecule has 2 aromatic carbocycles. The number of anilines is 1. The van der Waals surface area contributed by atoms with Gasteiger partial charge in [-0.05, 0) is 54.5 Å². The van der Waals surface area contributed by atoms with Crippen LogP contribution in [-0.2, 0) is 4.79 Å². The van der Waals surface area contributed by atoms with E-state index in [1.165, 1.54) is 0 Å². The Balaban J connectivity index is 1.88. The molecule has 0 atom stereocenters. The maximum atomic E-state index is 12.8. The number of benzene rings is 2. The molecule has 0 bridgehead atoms. The van der Waals surface area contributed by atoms with E-state index in [2.05, 4.69) is 15.6 Å². The van der Waals surface area contributed by atoms with Gasteiger partial charge >= 0.3 is 0 Å². The summed E-state index contributed by atoms with van der Waals surface area (Å²) in [6, 6.07) is 19.7. The third-order valence-electron chi connectivity index (χ3n) is 3.94. The molecule has 0 saturated carbocycles. The molecule has 3 rings (SSSR count). The molecule has 0 aliphatic heterocycles. The van der Waals surface area contributed by atoms with Crippen molar-refractivity contribution in [3.8, 4) is 0 Å². The molecule has 1 heterocycles. The molecular weight excluding hydrogens is 338 g/mol. The summed E-state index contributed by atoms with van der Waals surface area (Å²) in [4.78, 5) is 29.3. The number of hydrogen-bond donors (Lipinski definition) is 2. The quantitative estimate of drug-likeness (QED) is 0.682. The van der Waals surface area contributed by atoms with Gasteiger partial charge in [-0.1, -0.05) is 36.4 Å². The first-order chi connectivity index (χ1) is 13.1. The van der Waals surface area contributed by atoms with Crippen molar-refractivity contribution >= 4 is 23.6 Å². The first-order valence-corrected chi connectivity index (χ1v) is 8.48. The molecule has 5 nitrogen and oxygen atoms in total. The van der Waals surface area contributed by atoms with Crippen LogP contribution in [0.3, 0.4) is 0 Å². The summed E-state index contributed by atoms with van der Waals surface area (Å²) in [5, 5.41) is 5.56. The number of aromatic nitrogens is 1. The Kier molecular flexibility index (Phi) is 5.74. The van der Waals surface area contributed by atoms with Gasteiger partial charge in [0.2, 0.25) is 0 Å². The molecule has 2 amide bonds. The molecule has 0 radical (unpaired) electrons. The molecule has 0 fully saturated rings. The maximum absolute atomic E-state index is 12.8. The van der Waals surface area contributed by atoms with Crippen molar-refractivity contribution in [2.24, 2.45) is 0 Å². The number of nitrogens with zero attached hydrogens (tertiary/aromatic N) is 1. The first-order valence-electron chi connectivity index (χ1n) is 8.48. The molecule has 0 spiro atoms. The predicted octanol–water partition coefficient (Wildman–Crippen LogP) is 3.80. The van der Waals surface area contributed by atoms with E-state index in [0.717, 1.165) is 11.1 Å². The predicted molar refractivity (Wildman–Crippen MR) is 106 cm³/mol. The number of rotatable bonds is 5. The van der Waals surface area contributed by atoms with Crippen LogP contribution in [0.1, 0.15) is 21.5 Å². The summed E-state index contributed by atoms with van der Waals surface area (Å²) < 4.78 is 0. The van der Waals surface area contributed by atoms with E-state index in [1.54, 1.807) is 54.9 Å². The van der Waals surface area contributed by atoms with Crippen molar-refractivity contribution in [2.75, 3.05) is 5.32 Å². The second-order valence-electron chi connectivity index (χ2n) is 5.93. The van der Waals surface area contributed by atoms with Gasteiger partial charge in [-0.2, -0.15) is 0 Å². The van der Waals surface area contributed by atoms with Gasteiger partial charge in [0.1, 0.15) is 5.70 Å². The summed E-state index contributed by atoms with van der Waals surface area (Å²) in [6.07, 6.45) is 4.87. The number of carbonyl (C=O) groups is 2. The van der Waals surface area contributed by atoms with Crippen molar-refractivity contribution in [1.82, 2.24) is 10.3 Å². The Hall–Kier alpha value is -3.73. The number of nitrogens with one attached hydrogen (secondary N) is 2. The smallest absolute Gasteiger partial charge is 0.272 e. The third kappa shape index (κ3) is 4.89.